The zero-order valence-corrected chi connectivity index (χ0v) is 24.2. The summed E-state index contributed by atoms with van der Waals surface area (Å²) in [7, 11) is 0. The lowest BCUT2D eigenvalue weighted by atomic mass is 9.81. The number of carbonyl (C=O) groups is 1. The Morgan fingerprint density at radius 1 is 1.02 bits per heavy atom. The first-order valence-corrected chi connectivity index (χ1v) is 15.9. The van der Waals surface area contributed by atoms with Gasteiger partial charge in [-0.3, -0.25) is 4.79 Å². The Kier molecular flexibility index (Phi) is 8.57. The molecule has 2 aliphatic rings. The predicted octanol–water partition coefficient (Wildman–Crippen LogP) is 6.97. The lowest BCUT2D eigenvalue weighted by Crippen LogP contribution is -2.37. The van der Waals surface area contributed by atoms with Crippen LogP contribution >= 0.6 is 11.8 Å². The van der Waals surface area contributed by atoms with Gasteiger partial charge in [0.1, 0.15) is 5.76 Å². The molecule has 0 spiro atoms. The fraction of sp³-hybridized carbons (Fsp3) is 0.382. The van der Waals surface area contributed by atoms with E-state index in [1.54, 1.807) is 0 Å². The number of hydrogen-bond donors (Lipinski definition) is 0. The summed E-state index contributed by atoms with van der Waals surface area (Å²) in [4.78, 5) is 19.5. The van der Waals surface area contributed by atoms with Crippen LogP contribution in [0.2, 0.25) is 0 Å². The van der Waals surface area contributed by atoms with Crippen molar-refractivity contribution in [1.29, 1.82) is 5.26 Å². The number of nitriles is 1. The molecule has 1 aliphatic heterocycles. The first-order chi connectivity index (χ1) is 20.2. The van der Waals surface area contributed by atoms with Crippen molar-refractivity contribution in [3.05, 3.63) is 101 Å². The normalized spacial score (nSPS) is 16.0. The van der Waals surface area contributed by atoms with Crippen LogP contribution < -0.4 is 0 Å². The molecular weight excluding hydrogens is 528 g/mol. The first kappa shape index (κ1) is 27.4. The smallest absolute Gasteiger partial charge is 0.289 e. The number of carbonyl (C=O) groups excluding carboxylic acids is 1. The summed E-state index contributed by atoms with van der Waals surface area (Å²) in [6.07, 6.45) is 12.1. The van der Waals surface area contributed by atoms with Gasteiger partial charge in [-0.25, -0.2) is 4.98 Å². The molecule has 0 N–H and O–H groups in total. The SMILES string of the molecule is N#Cc1ccc(Cn2cncc2Cc2cccc(-c3ccc(C(=O)N4CCSCC4)o3)c2CC2CCCCC2)cc1. The van der Waals surface area contributed by atoms with Crippen LogP contribution in [0.4, 0.5) is 0 Å². The molecule has 1 saturated carbocycles. The number of thioether (sulfide) groups is 1. The minimum Gasteiger partial charge on any atom is -0.451 e. The molecule has 1 amide bonds. The highest BCUT2D eigenvalue weighted by molar-refractivity contribution is 7.99. The Balaban J connectivity index is 1.29. The molecule has 0 radical (unpaired) electrons. The van der Waals surface area contributed by atoms with E-state index in [9.17, 15) is 4.79 Å². The van der Waals surface area contributed by atoms with E-state index in [2.05, 4.69) is 33.8 Å². The van der Waals surface area contributed by atoms with E-state index < -0.39 is 0 Å². The Morgan fingerprint density at radius 3 is 2.61 bits per heavy atom. The summed E-state index contributed by atoms with van der Waals surface area (Å²) in [6.45, 7) is 2.26. The molecule has 0 atom stereocenters. The summed E-state index contributed by atoms with van der Waals surface area (Å²) in [5.74, 6) is 3.82. The maximum atomic E-state index is 13.1. The number of nitrogens with zero attached hydrogens (tertiary/aromatic N) is 4. The van der Waals surface area contributed by atoms with Crippen molar-refractivity contribution < 1.29 is 9.21 Å². The third kappa shape index (κ3) is 6.44. The number of aromatic nitrogens is 2. The highest BCUT2D eigenvalue weighted by Crippen LogP contribution is 2.35. The number of amides is 1. The largest absolute Gasteiger partial charge is 0.451 e. The van der Waals surface area contributed by atoms with Crippen molar-refractivity contribution in [3.8, 4) is 17.4 Å². The van der Waals surface area contributed by atoms with E-state index in [1.165, 1.54) is 43.2 Å². The fourth-order valence-corrected chi connectivity index (χ4v) is 7.09. The standard InChI is InChI=1S/C34H36N4O2S/c35-21-26-9-11-27(12-10-26)23-38-24-36-22-29(38)20-28-7-4-8-30(31(28)19-25-5-2-1-3-6-25)32-13-14-33(40-32)34(39)37-15-17-41-18-16-37/h4,7-14,22,24-25H,1-3,5-6,15-20,23H2. The summed E-state index contributed by atoms with van der Waals surface area (Å²) in [6, 6.07) is 20.3. The third-order valence-electron chi connectivity index (χ3n) is 8.48. The van der Waals surface area contributed by atoms with Crippen LogP contribution in [-0.4, -0.2) is 45.0 Å². The summed E-state index contributed by atoms with van der Waals surface area (Å²) >= 11 is 1.89. The minimum atomic E-state index is -0.00626. The molecular formula is C34H36N4O2S. The van der Waals surface area contributed by atoms with Crippen LogP contribution in [-0.2, 0) is 19.4 Å². The number of furan rings is 1. The zero-order chi connectivity index (χ0) is 28.0. The molecule has 6 nitrogen and oxygen atoms in total. The van der Waals surface area contributed by atoms with Crippen LogP contribution in [0.5, 0.6) is 0 Å². The summed E-state index contributed by atoms with van der Waals surface area (Å²) in [5.41, 5.74) is 6.66. The van der Waals surface area contributed by atoms with Crippen molar-refractivity contribution in [1.82, 2.24) is 14.5 Å². The van der Waals surface area contributed by atoms with Gasteiger partial charge in [-0.15, -0.1) is 0 Å². The van der Waals surface area contributed by atoms with Crippen LogP contribution in [0, 0.1) is 17.2 Å². The molecule has 1 saturated heterocycles. The lowest BCUT2D eigenvalue weighted by Gasteiger charge is -2.25. The molecule has 2 aromatic carbocycles. The molecule has 2 fully saturated rings. The first-order valence-electron chi connectivity index (χ1n) is 14.7. The van der Waals surface area contributed by atoms with Gasteiger partial charge >= 0.3 is 0 Å². The number of hydrogen-bond acceptors (Lipinski definition) is 5. The second-order valence-electron chi connectivity index (χ2n) is 11.2. The Bertz CT molecular complexity index is 1520. The van der Waals surface area contributed by atoms with E-state index in [-0.39, 0.29) is 5.91 Å². The van der Waals surface area contributed by atoms with Crippen molar-refractivity contribution in [2.24, 2.45) is 5.92 Å². The molecule has 1 aliphatic carbocycles. The maximum Gasteiger partial charge on any atom is 0.289 e. The molecule has 2 aromatic heterocycles. The molecule has 41 heavy (non-hydrogen) atoms. The average molecular weight is 565 g/mol. The van der Waals surface area contributed by atoms with Crippen molar-refractivity contribution in [2.75, 3.05) is 24.6 Å². The van der Waals surface area contributed by atoms with Crippen LogP contribution in [0.25, 0.3) is 11.3 Å². The second kappa shape index (κ2) is 12.8. The van der Waals surface area contributed by atoms with Gasteiger partial charge in [0.2, 0.25) is 0 Å². The highest BCUT2D eigenvalue weighted by atomic mass is 32.2. The van der Waals surface area contributed by atoms with E-state index in [0.29, 0.717) is 23.8 Å². The van der Waals surface area contributed by atoms with Crippen molar-refractivity contribution in [2.45, 2.75) is 51.5 Å². The monoisotopic (exact) mass is 564 g/mol. The topological polar surface area (TPSA) is 75.1 Å². The van der Waals surface area contributed by atoms with Crippen LogP contribution in [0.3, 0.4) is 0 Å². The second-order valence-corrected chi connectivity index (χ2v) is 12.4. The molecule has 3 heterocycles. The van der Waals surface area contributed by atoms with Gasteiger partial charge in [0.05, 0.1) is 18.0 Å². The lowest BCUT2D eigenvalue weighted by molar-refractivity contribution is 0.0741. The molecule has 6 rings (SSSR count). The third-order valence-corrected chi connectivity index (χ3v) is 9.42. The van der Waals surface area contributed by atoms with E-state index in [1.807, 2.05) is 65.6 Å². The predicted molar refractivity (Wildman–Crippen MR) is 163 cm³/mol. The van der Waals surface area contributed by atoms with Gasteiger partial charge in [-0.05, 0) is 53.3 Å². The van der Waals surface area contributed by atoms with Gasteiger partial charge in [0.15, 0.2) is 5.76 Å². The van der Waals surface area contributed by atoms with Gasteiger partial charge in [0.25, 0.3) is 5.91 Å². The minimum absolute atomic E-state index is 0.00626. The molecule has 0 bridgehead atoms. The van der Waals surface area contributed by atoms with E-state index >= 15 is 0 Å². The van der Waals surface area contributed by atoms with E-state index in [0.717, 1.165) is 60.0 Å². The van der Waals surface area contributed by atoms with Gasteiger partial charge < -0.3 is 13.9 Å². The van der Waals surface area contributed by atoms with Gasteiger partial charge in [0, 0.05) is 55.0 Å². The van der Waals surface area contributed by atoms with Crippen LogP contribution in [0.15, 0.2) is 71.5 Å². The Labute approximate surface area is 246 Å². The molecule has 4 aromatic rings. The fourth-order valence-electron chi connectivity index (χ4n) is 6.19. The average Bonchev–Trinajstić information content (AvgIpc) is 3.69. The van der Waals surface area contributed by atoms with Crippen molar-refractivity contribution in [3.63, 3.8) is 0 Å². The summed E-state index contributed by atoms with van der Waals surface area (Å²) < 4.78 is 8.48. The number of rotatable bonds is 8. The van der Waals surface area contributed by atoms with Gasteiger partial charge in [-0.1, -0.05) is 62.4 Å². The molecule has 0 unspecified atom stereocenters. The van der Waals surface area contributed by atoms with Crippen molar-refractivity contribution >= 4 is 17.7 Å². The van der Waals surface area contributed by atoms with Crippen LogP contribution in [0.1, 0.15) is 70.6 Å². The van der Waals surface area contributed by atoms with Gasteiger partial charge in [-0.2, -0.15) is 17.0 Å². The maximum absolute atomic E-state index is 13.1. The molecule has 7 heteroatoms. The molecule has 210 valence electrons. The number of benzene rings is 2. The number of imidazole rings is 1. The zero-order valence-electron chi connectivity index (χ0n) is 23.4. The quantitative estimate of drug-likeness (QED) is 0.231. The summed E-state index contributed by atoms with van der Waals surface area (Å²) in [5, 5.41) is 9.14. The van der Waals surface area contributed by atoms with E-state index in [4.69, 9.17) is 9.68 Å². The Morgan fingerprint density at radius 2 is 1.83 bits per heavy atom. The highest BCUT2D eigenvalue weighted by Gasteiger charge is 2.24. The Hall–Kier alpha value is -3.76.